The van der Waals surface area contributed by atoms with E-state index in [1.54, 1.807) is 4.72 Å². The van der Waals surface area contributed by atoms with Crippen LogP contribution in [0.4, 0.5) is 32.0 Å². The van der Waals surface area contributed by atoms with Gasteiger partial charge in [0.05, 0.1) is 11.3 Å². The molecule has 0 atom stereocenters. The van der Waals surface area contributed by atoms with Crippen LogP contribution in [0, 0.1) is 17.5 Å². The third kappa shape index (κ3) is 3.83. The summed E-state index contributed by atoms with van der Waals surface area (Å²) in [6.45, 7) is 0. The first-order valence-electron chi connectivity index (χ1n) is 5.96. The molecule has 0 aliphatic heterocycles. The molecule has 2 aromatic carbocycles. The summed E-state index contributed by atoms with van der Waals surface area (Å²) < 4.78 is 103. The summed E-state index contributed by atoms with van der Waals surface area (Å²) in [6, 6.07) is 3.01. The molecule has 0 saturated heterocycles. The summed E-state index contributed by atoms with van der Waals surface area (Å²) in [5.41, 5.74) is -1.71. The van der Waals surface area contributed by atoms with Gasteiger partial charge in [0, 0.05) is 4.47 Å². The van der Waals surface area contributed by atoms with Crippen molar-refractivity contribution in [1.29, 1.82) is 0 Å². The number of alkyl halides is 3. The third-order valence-corrected chi connectivity index (χ3v) is 4.62. The lowest BCUT2D eigenvalue weighted by atomic mass is 10.2. The van der Waals surface area contributed by atoms with Crippen LogP contribution < -0.4 is 4.72 Å². The van der Waals surface area contributed by atoms with E-state index in [0.29, 0.717) is 24.3 Å². The third-order valence-electron chi connectivity index (χ3n) is 2.77. The largest absolute Gasteiger partial charge is 0.416 e. The first kappa shape index (κ1) is 18.6. The second kappa shape index (κ2) is 6.28. The van der Waals surface area contributed by atoms with Crippen molar-refractivity contribution in [3.63, 3.8) is 0 Å². The van der Waals surface area contributed by atoms with Gasteiger partial charge in [-0.15, -0.1) is 0 Å². The minimum atomic E-state index is -4.78. The second-order valence-corrected chi connectivity index (χ2v) is 7.07. The van der Waals surface area contributed by atoms with Gasteiger partial charge in [-0.25, -0.2) is 21.6 Å². The van der Waals surface area contributed by atoms with Crippen molar-refractivity contribution in [1.82, 2.24) is 0 Å². The van der Waals surface area contributed by atoms with Gasteiger partial charge in [-0.2, -0.15) is 13.2 Å². The van der Waals surface area contributed by atoms with Gasteiger partial charge in [0.2, 0.25) is 0 Å². The maximum atomic E-state index is 13.6. The van der Waals surface area contributed by atoms with E-state index >= 15 is 0 Å². The van der Waals surface area contributed by atoms with Crippen molar-refractivity contribution >= 4 is 31.6 Å². The average Bonchev–Trinajstić information content (AvgIpc) is 2.42. The maximum Gasteiger partial charge on any atom is 0.416 e. The Bertz CT molecular complexity index is 898. The molecule has 0 spiro atoms. The Hall–Kier alpha value is -1.75. The van der Waals surface area contributed by atoms with Crippen LogP contribution in [-0.2, 0) is 16.2 Å². The lowest BCUT2D eigenvalue weighted by Gasteiger charge is -2.13. The maximum absolute atomic E-state index is 13.6. The zero-order valence-corrected chi connectivity index (χ0v) is 13.7. The molecule has 2 aromatic rings. The molecule has 11 heteroatoms. The zero-order valence-electron chi connectivity index (χ0n) is 11.3. The predicted molar refractivity (Wildman–Crippen MR) is 76.3 cm³/mol. The van der Waals surface area contributed by atoms with E-state index in [4.69, 9.17) is 0 Å². The van der Waals surface area contributed by atoms with Gasteiger partial charge in [0.25, 0.3) is 10.0 Å². The van der Waals surface area contributed by atoms with Crippen LogP contribution in [-0.4, -0.2) is 8.42 Å². The Morgan fingerprint density at radius 2 is 1.58 bits per heavy atom. The van der Waals surface area contributed by atoms with Crippen molar-refractivity contribution in [2.24, 2.45) is 0 Å². The van der Waals surface area contributed by atoms with Gasteiger partial charge >= 0.3 is 6.18 Å². The van der Waals surface area contributed by atoms with Crippen molar-refractivity contribution in [3.05, 3.63) is 57.8 Å². The fourth-order valence-electron chi connectivity index (χ4n) is 1.74. The number of anilines is 1. The van der Waals surface area contributed by atoms with E-state index in [1.165, 1.54) is 0 Å². The molecule has 0 amide bonds. The molecule has 2 rings (SSSR count). The van der Waals surface area contributed by atoms with E-state index in [-0.39, 0.29) is 4.47 Å². The predicted octanol–water partition coefficient (Wildman–Crippen LogP) is 4.69. The van der Waals surface area contributed by atoms with E-state index in [1.807, 2.05) is 0 Å². The molecule has 0 fully saturated rings. The van der Waals surface area contributed by atoms with Crippen LogP contribution in [0.25, 0.3) is 0 Å². The highest BCUT2D eigenvalue weighted by atomic mass is 79.9. The molecule has 0 aliphatic rings. The fourth-order valence-corrected chi connectivity index (χ4v) is 3.34. The van der Waals surface area contributed by atoms with Crippen molar-refractivity contribution in [2.75, 3.05) is 4.72 Å². The van der Waals surface area contributed by atoms with E-state index < -0.39 is 49.8 Å². The Kier molecular flexibility index (Phi) is 4.86. The minimum Gasteiger partial charge on any atom is -0.279 e. The summed E-state index contributed by atoms with van der Waals surface area (Å²) >= 11 is 2.79. The van der Waals surface area contributed by atoms with Crippen LogP contribution in [0.2, 0.25) is 0 Å². The molecule has 3 nitrogen and oxygen atoms in total. The SMILES string of the molecule is O=S(=O)(Nc1cc(Br)cc(C(F)(F)F)c1)c1ccc(F)c(F)c1F. The van der Waals surface area contributed by atoms with Gasteiger partial charge in [0.15, 0.2) is 17.5 Å². The number of rotatable bonds is 3. The fraction of sp³-hybridized carbons (Fsp3) is 0.0769. The molecule has 0 radical (unpaired) electrons. The standard InChI is InChI=1S/C13H6BrF6NO2S/c14-7-3-6(13(18,19)20)4-8(5-7)21-24(22,23)10-2-1-9(15)11(16)12(10)17/h1-5,21H. The average molecular weight is 434 g/mol. The minimum absolute atomic E-state index is 0.0965. The highest BCUT2D eigenvalue weighted by Gasteiger charge is 2.32. The molecule has 1 N–H and O–H groups in total. The van der Waals surface area contributed by atoms with Crippen LogP contribution in [0.15, 0.2) is 39.7 Å². The number of halogens is 7. The number of hydrogen-bond acceptors (Lipinski definition) is 2. The van der Waals surface area contributed by atoms with E-state index in [0.717, 1.165) is 6.07 Å². The Morgan fingerprint density at radius 1 is 0.958 bits per heavy atom. The lowest BCUT2D eigenvalue weighted by Crippen LogP contribution is -2.16. The Balaban J connectivity index is 2.48. The van der Waals surface area contributed by atoms with Crippen molar-refractivity contribution < 1.29 is 34.8 Å². The molecule has 0 bridgehead atoms. The number of benzene rings is 2. The topological polar surface area (TPSA) is 46.2 Å². The quantitative estimate of drug-likeness (QED) is 0.563. The number of hydrogen-bond donors (Lipinski definition) is 1. The molecule has 24 heavy (non-hydrogen) atoms. The molecule has 130 valence electrons. The van der Waals surface area contributed by atoms with Gasteiger partial charge in [0.1, 0.15) is 4.90 Å². The number of nitrogens with one attached hydrogen (secondary N) is 1. The molecule has 0 aromatic heterocycles. The van der Waals surface area contributed by atoms with Crippen LogP contribution in [0.1, 0.15) is 5.56 Å². The van der Waals surface area contributed by atoms with Gasteiger partial charge in [-0.05, 0) is 30.3 Å². The first-order chi connectivity index (χ1) is 10.9. The monoisotopic (exact) mass is 433 g/mol. The Morgan fingerprint density at radius 3 is 2.17 bits per heavy atom. The second-order valence-electron chi connectivity index (χ2n) is 4.51. The molecular formula is C13H6BrF6NO2S. The van der Waals surface area contributed by atoms with Crippen molar-refractivity contribution in [3.8, 4) is 0 Å². The molecular weight excluding hydrogens is 428 g/mol. The summed E-state index contributed by atoms with van der Waals surface area (Å²) in [5, 5.41) is 0. The highest BCUT2D eigenvalue weighted by molar-refractivity contribution is 9.10. The molecule has 0 heterocycles. The van der Waals surface area contributed by atoms with Crippen LogP contribution in [0.3, 0.4) is 0 Å². The summed E-state index contributed by atoms with van der Waals surface area (Å²) in [4.78, 5) is -1.24. The van der Waals surface area contributed by atoms with Crippen LogP contribution in [0.5, 0.6) is 0 Å². The van der Waals surface area contributed by atoms with Crippen molar-refractivity contribution in [2.45, 2.75) is 11.1 Å². The molecule has 0 aliphatic carbocycles. The van der Waals surface area contributed by atoms with E-state index in [9.17, 15) is 34.8 Å². The normalized spacial score (nSPS) is 12.3. The summed E-state index contributed by atoms with van der Waals surface area (Å²) in [7, 11) is -4.78. The van der Waals surface area contributed by atoms with Gasteiger partial charge in [-0.1, -0.05) is 15.9 Å². The van der Waals surface area contributed by atoms with E-state index in [2.05, 4.69) is 15.9 Å². The smallest absolute Gasteiger partial charge is 0.279 e. The highest BCUT2D eigenvalue weighted by Crippen LogP contribution is 2.34. The zero-order chi connectivity index (χ0) is 18.3. The summed E-state index contributed by atoms with van der Waals surface area (Å²) in [5.74, 6) is -5.59. The molecule has 0 unspecified atom stereocenters. The molecule has 0 saturated carbocycles. The Labute approximate surface area is 140 Å². The van der Waals surface area contributed by atoms with Crippen LogP contribution >= 0.6 is 15.9 Å². The lowest BCUT2D eigenvalue weighted by molar-refractivity contribution is -0.137. The van der Waals surface area contributed by atoms with Gasteiger partial charge < -0.3 is 0 Å². The number of sulfonamides is 1. The summed E-state index contributed by atoms with van der Waals surface area (Å²) in [6.07, 6.45) is -4.75. The first-order valence-corrected chi connectivity index (χ1v) is 8.23. The van der Waals surface area contributed by atoms with Gasteiger partial charge in [-0.3, -0.25) is 4.72 Å².